The van der Waals surface area contributed by atoms with Crippen LogP contribution in [-0.4, -0.2) is 39.9 Å². The van der Waals surface area contributed by atoms with Crippen LogP contribution in [0.1, 0.15) is 36.0 Å². The molecule has 3 aromatic carbocycles. The number of carbonyl (C=O) groups is 1. The lowest BCUT2D eigenvalue weighted by molar-refractivity contribution is -0.116. The number of nitrogens with two attached hydrogens (primary N) is 1. The third-order valence-corrected chi connectivity index (χ3v) is 7.98. The standard InChI is InChI=1S/C35H30F4N4O3/c36-26-7-8-28(30(37)18-26)29-17-24(22-3-5-23(6-4-22)34(45)43-13-11-35(38,39)12-14-43)15-25-16-27(46-33(25)29)20-42-32(44)10-2-21-1-9-31(40)41-19-21/h1-10,15-19,34,45H,11-14,20H2,(H2,40,41)(H,42,44)/b10-2+. The molecule has 46 heavy (non-hydrogen) atoms. The summed E-state index contributed by atoms with van der Waals surface area (Å²) in [4.78, 5) is 18.1. The van der Waals surface area contributed by atoms with E-state index in [-0.39, 0.29) is 43.9 Å². The number of likely N-dealkylation sites (tertiary alicyclic amines) is 1. The van der Waals surface area contributed by atoms with Crippen molar-refractivity contribution in [2.24, 2.45) is 0 Å². The number of aliphatic hydroxyl groups is 1. The van der Waals surface area contributed by atoms with Crippen LogP contribution in [0.25, 0.3) is 39.3 Å². The van der Waals surface area contributed by atoms with E-state index in [1.54, 1.807) is 65.7 Å². The Kier molecular flexibility index (Phi) is 8.61. The number of anilines is 1. The number of fused-ring (bicyclic) bond motifs is 1. The number of pyridine rings is 1. The van der Waals surface area contributed by atoms with E-state index in [0.29, 0.717) is 44.8 Å². The van der Waals surface area contributed by atoms with Crippen LogP contribution in [0.15, 0.2) is 89.5 Å². The zero-order valence-electron chi connectivity index (χ0n) is 24.5. The molecule has 11 heteroatoms. The number of nitrogens with one attached hydrogen (secondary N) is 1. The molecule has 1 unspecified atom stereocenters. The first-order chi connectivity index (χ1) is 22.0. The Morgan fingerprint density at radius 3 is 2.46 bits per heavy atom. The van der Waals surface area contributed by atoms with Crippen LogP contribution in [0.5, 0.6) is 0 Å². The molecule has 1 aliphatic heterocycles. The minimum atomic E-state index is -2.72. The summed E-state index contributed by atoms with van der Waals surface area (Å²) in [5.41, 5.74) is 9.16. The summed E-state index contributed by atoms with van der Waals surface area (Å²) in [6.07, 6.45) is 2.85. The van der Waals surface area contributed by atoms with Gasteiger partial charge in [-0.3, -0.25) is 9.69 Å². The molecular weight excluding hydrogens is 600 g/mol. The summed E-state index contributed by atoms with van der Waals surface area (Å²) < 4.78 is 62.1. The molecule has 3 heterocycles. The van der Waals surface area contributed by atoms with Crippen LogP contribution in [-0.2, 0) is 11.3 Å². The van der Waals surface area contributed by atoms with Crippen LogP contribution in [0.3, 0.4) is 0 Å². The molecule has 0 bridgehead atoms. The number of rotatable bonds is 8. The number of benzene rings is 3. The van der Waals surface area contributed by atoms with Gasteiger partial charge in [-0.1, -0.05) is 24.3 Å². The van der Waals surface area contributed by atoms with Gasteiger partial charge in [0, 0.05) is 60.8 Å². The zero-order chi connectivity index (χ0) is 32.4. The first-order valence-electron chi connectivity index (χ1n) is 14.6. The number of piperidine rings is 1. The van der Waals surface area contributed by atoms with Crippen molar-refractivity contribution >= 4 is 28.8 Å². The molecule has 1 fully saturated rings. The maximum atomic E-state index is 15.0. The molecule has 2 aromatic heterocycles. The molecule has 6 rings (SSSR count). The van der Waals surface area contributed by atoms with E-state index in [9.17, 15) is 23.1 Å². The number of hydrogen-bond donors (Lipinski definition) is 3. The van der Waals surface area contributed by atoms with E-state index in [0.717, 1.165) is 17.7 Å². The second-order valence-electron chi connectivity index (χ2n) is 11.2. The maximum Gasteiger partial charge on any atom is 0.250 e. The molecule has 4 N–H and O–H groups in total. The predicted molar refractivity (Wildman–Crippen MR) is 167 cm³/mol. The summed E-state index contributed by atoms with van der Waals surface area (Å²) in [5, 5.41) is 14.2. The number of aliphatic hydroxyl groups excluding tert-OH is 1. The molecule has 1 atom stereocenters. The summed E-state index contributed by atoms with van der Waals surface area (Å²) in [7, 11) is 0. The van der Waals surface area contributed by atoms with Gasteiger partial charge in [-0.15, -0.1) is 0 Å². The van der Waals surface area contributed by atoms with Gasteiger partial charge >= 0.3 is 0 Å². The molecule has 0 spiro atoms. The van der Waals surface area contributed by atoms with E-state index >= 15 is 4.39 Å². The van der Waals surface area contributed by atoms with Gasteiger partial charge in [-0.25, -0.2) is 22.5 Å². The molecule has 5 aromatic rings. The molecule has 0 radical (unpaired) electrons. The van der Waals surface area contributed by atoms with E-state index in [2.05, 4.69) is 10.3 Å². The lowest BCUT2D eigenvalue weighted by Gasteiger charge is -2.35. The number of carbonyl (C=O) groups excluding carboxylic acids is 1. The number of aromatic nitrogens is 1. The van der Waals surface area contributed by atoms with Crippen molar-refractivity contribution in [1.29, 1.82) is 0 Å². The largest absolute Gasteiger partial charge is 0.459 e. The lowest BCUT2D eigenvalue weighted by atomic mass is 9.95. The van der Waals surface area contributed by atoms with Crippen molar-refractivity contribution in [3.05, 3.63) is 114 Å². The lowest BCUT2D eigenvalue weighted by Crippen LogP contribution is -2.41. The van der Waals surface area contributed by atoms with Gasteiger partial charge in [0.2, 0.25) is 5.91 Å². The fraction of sp³-hybridized carbons (Fsp3) is 0.200. The third kappa shape index (κ3) is 6.95. The normalized spacial score (nSPS) is 15.8. The monoisotopic (exact) mass is 630 g/mol. The average Bonchev–Trinajstić information content (AvgIpc) is 3.46. The number of nitrogen functional groups attached to an aromatic ring is 1. The smallest absolute Gasteiger partial charge is 0.250 e. The van der Waals surface area contributed by atoms with Gasteiger partial charge in [0.25, 0.3) is 5.92 Å². The Hall–Kier alpha value is -5.00. The molecule has 1 aliphatic rings. The van der Waals surface area contributed by atoms with Crippen LogP contribution in [0.4, 0.5) is 23.4 Å². The average molecular weight is 631 g/mol. The second-order valence-corrected chi connectivity index (χ2v) is 11.2. The highest BCUT2D eigenvalue weighted by molar-refractivity contribution is 5.97. The molecule has 0 saturated carbocycles. The predicted octanol–water partition coefficient (Wildman–Crippen LogP) is 7.07. The van der Waals surface area contributed by atoms with Crippen molar-refractivity contribution in [3.63, 3.8) is 0 Å². The quantitative estimate of drug-likeness (QED) is 0.125. The summed E-state index contributed by atoms with van der Waals surface area (Å²) in [6, 6.07) is 19.0. The van der Waals surface area contributed by atoms with Gasteiger partial charge in [0.05, 0.1) is 6.54 Å². The van der Waals surface area contributed by atoms with Crippen LogP contribution < -0.4 is 11.1 Å². The van der Waals surface area contributed by atoms with Gasteiger partial charge in [0.1, 0.15) is 35.0 Å². The highest BCUT2D eigenvalue weighted by Crippen LogP contribution is 2.38. The van der Waals surface area contributed by atoms with E-state index in [4.69, 9.17) is 10.2 Å². The zero-order valence-corrected chi connectivity index (χ0v) is 24.5. The number of amides is 1. The van der Waals surface area contributed by atoms with Crippen LogP contribution in [0, 0.1) is 11.6 Å². The minimum absolute atomic E-state index is 0.0491. The molecule has 1 saturated heterocycles. The number of alkyl halides is 2. The molecular formula is C35H30F4N4O3. The van der Waals surface area contributed by atoms with E-state index in [1.165, 1.54) is 12.1 Å². The van der Waals surface area contributed by atoms with Crippen molar-refractivity contribution in [3.8, 4) is 22.3 Å². The topological polar surface area (TPSA) is 105 Å². The molecule has 7 nitrogen and oxygen atoms in total. The number of furan rings is 1. The van der Waals surface area contributed by atoms with E-state index in [1.807, 2.05) is 6.07 Å². The Labute approximate surface area is 262 Å². The van der Waals surface area contributed by atoms with E-state index < -0.39 is 23.8 Å². The van der Waals surface area contributed by atoms with Gasteiger partial charge in [-0.05, 0) is 70.8 Å². The Morgan fingerprint density at radius 2 is 1.76 bits per heavy atom. The summed E-state index contributed by atoms with van der Waals surface area (Å²) in [5.74, 6) is -3.79. The van der Waals surface area contributed by atoms with Crippen LogP contribution in [0.2, 0.25) is 0 Å². The first-order valence-corrected chi connectivity index (χ1v) is 14.6. The minimum Gasteiger partial charge on any atom is -0.459 e. The Bertz CT molecular complexity index is 1900. The van der Waals surface area contributed by atoms with Crippen molar-refractivity contribution < 1.29 is 31.9 Å². The van der Waals surface area contributed by atoms with Gasteiger partial charge < -0.3 is 20.6 Å². The third-order valence-electron chi connectivity index (χ3n) is 7.98. The Morgan fingerprint density at radius 1 is 1.00 bits per heavy atom. The second kappa shape index (κ2) is 12.8. The highest BCUT2D eigenvalue weighted by Gasteiger charge is 2.36. The molecule has 0 aliphatic carbocycles. The highest BCUT2D eigenvalue weighted by atomic mass is 19.3. The maximum absolute atomic E-state index is 15.0. The summed E-state index contributed by atoms with van der Waals surface area (Å²) in [6.45, 7) is 0.213. The van der Waals surface area contributed by atoms with Gasteiger partial charge in [-0.2, -0.15) is 0 Å². The first kappa shape index (κ1) is 31.0. The van der Waals surface area contributed by atoms with Gasteiger partial charge in [0.15, 0.2) is 0 Å². The van der Waals surface area contributed by atoms with Crippen LogP contribution >= 0.6 is 0 Å². The fourth-order valence-corrected chi connectivity index (χ4v) is 5.44. The SMILES string of the molecule is Nc1ccc(/C=C/C(=O)NCc2cc3cc(-c4ccc(C(O)N5CCC(F)(F)CC5)cc4)cc(-c4ccc(F)cc4F)c3o2)cn1. The molecule has 236 valence electrons. The number of nitrogens with zero attached hydrogens (tertiary/aromatic N) is 2. The Balaban J connectivity index is 1.26. The fourth-order valence-electron chi connectivity index (χ4n) is 5.44. The number of hydrogen-bond acceptors (Lipinski definition) is 6. The summed E-state index contributed by atoms with van der Waals surface area (Å²) >= 11 is 0. The van der Waals surface area contributed by atoms with Crippen molar-refractivity contribution in [1.82, 2.24) is 15.2 Å². The molecule has 1 amide bonds. The number of halogens is 4. The van der Waals surface area contributed by atoms with Crippen molar-refractivity contribution in [2.45, 2.75) is 31.5 Å². The van der Waals surface area contributed by atoms with Crippen molar-refractivity contribution in [2.75, 3.05) is 18.8 Å².